The van der Waals surface area contributed by atoms with Gasteiger partial charge in [0.1, 0.15) is 24.4 Å². The first-order valence-corrected chi connectivity index (χ1v) is 12.8. The van der Waals surface area contributed by atoms with Gasteiger partial charge < -0.3 is 39.6 Å². The normalized spacial score (nSPS) is 41.2. The Morgan fingerprint density at radius 1 is 1.22 bits per heavy atom. The summed E-state index contributed by atoms with van der Waals surface area (Å²) in [5.41, 5.74) is -0.267. The molecule has 10 unspecified atom stereocenters. The summed E-state index contributed by atoms with van der Waals surface area (Å²) in [6.45, 7) is 10.5. The van der Waals surface area contributed by atoms with Crippen LogP contribution >= 0.6 is 0 Å². The number of hydrogen-bond donors (Lipinski definition) is 4. The highest BCUT2D eigenvalue weighted by Crippen LogP contribution is 2.45. The second kappa shape index (κ2) is 11.8. The van der Waals surface area contributed by atoms with Crippen LogP contribution in [-0.4, -0.2) is 87.9 Å². The number of nitrogens with one attached hydrogen (secondary N) is 1. The number of hydrogen-bond acceptors (Lipinski definition) is 9. The summed E-state index contributed by atoms with van der Waals surface area (Å²) in [5, 5.41) is 34.2. The molecule has 0 saturated carbocycles. The van der Waals surface area contributed by atoms with E-state index in [9.17, 15) is 24.9 Å². The van der Waals surface area contributed by atoms with Crippen LogP contribution in [0.5, 0.6) is 0 Å². The maximum absolute atomic E-state index is 12.3. The van der Waals surface area contributed by atoms with Gasteiger partial charge in [-0.05, 0) is 52.5 Å². The molecular weight excluding hydrogens is 482 g/mol. The first kappa shape index (κ1) is 29.5. The number of aliphatic hydroxyl groups is 3. The lowest BCUT2D eigenvalue weighted by molar-refractivity contribution is -0.321. The van der Waals surface area contributed by atoms with Crippen molar-refractivity contribution >= 4 is 11.9 Å². The maximum atomic E-state index is 12.3. The molecule has 0 bridgehead atoms. The average molecular weight is 524 g/mol. The second-order valence-electron chi connectivity index (χ2n) is 10.7. The molecule has 208 valence electrons. The highest BCUT2D eigenvalue weighted by atomic mass is 16.7. The molecule has 0 aromatic carbocycles. The maximum Gasteiger partial charge on any atom is 0.303 e. The van der Waals surface area contributed by atoms with Crippen LogP contribution in [0.25, 0.3) is 0 Å². The lowest BCUT2D eigenvalue weighted by atomic mass is 9.84. The highest BCUT2D eigenvalue weighted by Gasteiger charge is 2.68. The van der Waals surface area contributed by atoms with E-state index in [1.54, 1.807) is 19.1 Å². The molecule has 3 heterocycles. The third-order valence-electron chi connectivity index (χ3n) is 7.27. The molecule has 0 radical (unpaired) electrons. The molecule has 3 aliphatic rings. The van der Waals surface area contributed by atoms with Crippen molar-refractivity contribution in [3.05, 3.63) is 36.0 Å². The van der Waals surface area contributed by atoms with Gasteiger partial charge in [-0.2, -0.15) is 0 Å². The van der Waals surface area contributed by atoms with Crippen molar-refractivity contribution in [2.24, 2.45) is 5.92 Å². The Balaban J connectivity index is 1.50. The molecule has 0 aromatic heterocycles. The minimum atomic E-state index is -1.83. The van der Waals surface area contributed by atoms with E-state index >= 15 is 0 Å². The van der Waals surface area contributed by atoms with Crippen LogP contribution in [0.2, 0.25) is 0 Å². The number of carbonyl (C=O) groups is 2. The van der Waals surface area contributed by atoms with E-state index in [0.29, 0.717) is 6.42 Å². The molecule has 0 aromatic rings. The molecule has 1 spiro atoms. The van der Waals surface area contributed by atoms with Crippen molar-refractivity contribution < 1.29 is 43.9 Å². The number of rotatable bonds is 8. The van der Waals surface area contributed by atoms with Crippen molar-refractivity contribution in [3.8, 4) is 0 Å². The molecule has 3 fully saturated rings. The predicted molar refractivity (Wildman–Crippen MR) is 134 cm³/mol. The molecule has 10 heteroatoms. The fourth-order valence-corrected chi connectivity index (χ4v) is 4.94. The standard InChI is InChI=1S/C27H41NO9/c1-15(8-11-22-24(31)27(14-34-27)25(32)26(6,33)37-22)7-10-21-16(2)13-20(18(4)36-21)28-23(30)12-9-17(3)35-19(5)29/h7-9,11-12,16-18,20-22,24-25,31-33H,10,13-14H2,1-6H3,(H,28,30). The topological polar surface area (TPSA) is 147 Å². The minimum absolute atomic E-state index is 0.0263. The van der Waals surface area contributed by atoms with Gasteiger partial charge in [-0.1, -0.05) is 30.7 Å². The van der Waals surface area contributed by atoms with Gasteiger partial charge in [-0.25, -0.2) is 0 Å². The van der Waals surface area contributed by atoms with E-state index in [1.165, 1.54) is 26.0 Å². The monoisotopic (exact) mass is 523 g/mol. The van der Waals surface area contributed by atoms with Gasteiger partial charge in [-0.15, -0.1) is 0 Å². The van der Waals surface area contributed by atoms with Gasteiger partial charge in [0.15, 0.2) is 11.4 Å². The van der Waals surface area contributed by atoms with E-state index in [1.807, 2.05) is 19.9 Å². The third kappa shape index (κ3) is 7.28. The average Bonchev–Trinajstić information content (AvgIpc) is 3.61. The van der Waals surface area contributed by atoms with Crippen LogP contribution in [0.15, 0.2) is 36.0 Å². The van der Waals surface area contributed by atoms with E-state index in [2.05, 4.69) is 12.2 Å². The van der Waals surface area contributed by atoms with Gasteiger partial charge in [0.25, 0.3) is 0 Å². The lowest BCUT2D eigenvalue weighted by Crippen LogP contribution is -2.65. The van der Waals surface area contributed by atoms with Crippen molar-refractivity contribution in [2.45, 2.75) is 108 Å². The number of esters is 1. The molecule has 3 aliphatic heterocycles. The van der Waals surface area contributed by atoms with E-state index in [-0.39, 0.29) is 36.7 Å². The number of allylic oxidation sites excluding steroid dienone is 2. The molecule has 10 atom stereocenters. The summed E-state index contributed by atoms with van der Waals surface area (Å²) < 4.78 is 22.0. The van der Waals surface area contributed by atoms with Crippen molar-refractivity contribution in [2.75, 3.05) is 6.61 Å². The summed E-state index contributed by atoms with van der Waals surface area (Å²) >= 11 is 0. The van der Waals surface area contributed by atoms with Crippen LogP contribution < -0.4 is 5.32 Å². The predicted octanol–water partition coefficient (Wildman–Crippen LogP) is 1.28. The first-order chi connectivity index (χ1) is 17.2. The first-order valence-electron chi connectivity index (χ1n) is 12.8. The largest absolute Gasteiger partial charge is 0.459 e. The zero-order valence-corrected chi connectivity index (χ0v) is 22.4. The molecule has 0 aliphatic carbocycles. The van der Waals surface area contributed by atoms with Gasteiger partial charge in [0.05, 0.1) is 24.9 Å². The van der Waals surface area contributed by atoms with Gasteiger partial charge in [0.2, 0.25) is 5.91 Å². The molecule has 10 nitrogen and oxygen atoms in total. The summed E-state index contributed by atoms with van der Waals surface area (Å²) in [5.74, 6) is -2.29. The van der Waals surface area contributed by atoms with Crippen LogP contribution in [0.1, 0.15) is 54.4 Å². The molecule has 3 rings (SSSR count). The Kier molecular flexibility index (Phi) is 9.36. The Bertz CT molecular complexity index is 923. The number of epoxide rings is 1. The van der Waals surface area contributed by atoms with E-state index < -0.39 is 41.8 Å². The van der Waals surface area contributed by atoms with E-state index in [4.69, 9.17) is 18.9 Å². The summed E-state index contributed by atoms with van der Waals surface area (Å²) in [6.07, 6.45) is 5.90. The van der Waals surface area contributed by atoms with Crippen LogP contribution in [0, 0.1) is 5.92 Å². The highest BCUT2D eigenvalue weighted by molar-refractivity contribution is 5.87. The Morgan fingerprint density at radius 2 is 1.89 bits per heavy atom. The Labute approximate surface area is 218 Å². The van der Waals surface area contributed by atoms with Crippen LogP contribution in [-0.2, 0) is 28.5 Å². The molecule has 1 amide bonds. The van der Waals surface area contributed by atoms with Gasteiger partial charge >= 0.3 is 5.97 Å². The smallest absolute Gasteiger partial charge is 0.303 e. The third-order valence-corrected chi connectivity index (χ3v) is 7.27. The van der Waals surface area contributed by atoms with Crippen molar-refractivity contribution in [3.63, 3.8) is 0 Å². The number of carbonyl (C=O) groups excluding carboxylic acids is 2. The van der Waals surface area contributed by atoms with Crippen LogP contribution in [0.3, 0.4) is 0 Å². The SMILES string of the molecule is CC(=O)OC(C)C=CC(=O)NC1CC(C)C(CC=C(C)C=CC2OC(C)(O)C(O)C3(CO3)C2O)OC1C. The Morgan fingerprint density at radius 3 is 2.51 bits per heavy atom. The summed E-state index contributed by atoms with van der Waals surface area (Å²) in [4.78, 5) is 23.3. The number of ether oxygens (including phenoxy) is 4. The quantitative estimate of drug-likeness (QED) is 0.160. The fourth-order valence-electron chi connectivity index (χ4n) is 4.94. The molecule has 4 N–H and O–H groups in total. The number of aliphatic hydroxyl groups excluding tert-OH is 2. The second-order valence-corrected chi connectivity index (χ2v) is 10.7. The van der Waals surface area contributed by atoms with Gasteiger partial charge in [0, 0.05) is 13.0 Å². The van der Waals surface area contributed by atoms with Crippen molar-refractivity contribution in [1.29, 1.82) is 0 Å². The molecular formula is C27H41NO9. The summed E-state index contributed by atoms with van der Waals surface area (Å²) in [7, 11) is 0. The molecule has 37 heavy (non-hydrogen) atoms. The van der Waals surface area contributed by atoms with E-state index in [0.717, 1.165) is 12.0 Å². The minimum Gasteiger partial charge on any atom is -0.459 e. The van der Waals surface area contributed by atoms with Crippen LogP contribution in [0.4, 0.5) is 0 Å². The zero-order valence-electron chi connectivity index (χ0n) is 22.4. The number of amides is 1. The van der Waals surface area contributed by atoms with Gasteiger partial charge in [-0.3, -0.25) is 9.59 Å². The lowest BCUT2D eigenvalue weighted by Gasteiger charge is -2.44. The summed E-state index contributed by atoms with van der Waals surface area (Å²) in [6, 6.07) is -0.137. The zero-order chi connectivity index (χ0) is 27.5. The fraction of sp³-hybridized carbons (Fsp3) is 0.704. The molecule has 3 saturated heterocycles. The Hall–Kier alpha value is -2.08. The van der Waals surface area contributed by atoms with Crippen molar-refractivity contribution in [1.82, 2.24) is 5.32 Å².